The third-order valence-electron chi connectivity index (χ3n) is 5.19. The third kappa shape index (κ3) is 9.19. The minimum absolute atomic E-state index is 0.165. The number of rotatable bonds is 11. The zero-order chi connectivity index (χ0) is 26.0. The molecule has 4 unspecified atom stereocenters. The molecule has 2 aromatic rings. The lowest BCUT2D eigenvalue weighted by atomic mass is 10.2. The molecule has 11 nitrogen and oxygen atoms in total. The van der Waals surface area contributed by atoms with E-state index in [1.165, 1.54) is 0 Å². The molecule has 0 aliphatic carbocycles. The van der Waals surface area contributed by atoms with Gasteiger partial charge in [-0.1, -0.05) is 0 Å². The van der Waals surface area contributed by atoms with Crippen molar-refractivity contribution in [1.82, 2.24) is 24.7 Å². The van der Waals surface area contributed by atoms with Crippen LogP contribution in [0.25, 0.3) is 0 Å². The van der Waals surface area contributed by atoms with Crippen molar-refractivity contribution in [2.24, 2.45) is 0 Å². The predicted octanol–water partition coefficient (Wildman–Crippen LogP) is 2.54. The highest BCUT2D eigenvalue weighted by molar-refractivity contribution is 7.86. The van der Waals surface area contributed by atoms with E-state index in [2.05, 4.69) is 24.9 Å². The quantitative estimate of drug-likeness (QED) is 0.466. The summed E-state index contributed by atoms with van der Waals surface area (Å²) in [6.45, 7) is 10.1. The van der Waals surface area contributed by atoms with Crippen LogP contribution in [0.1, 0.15) is 69.9 Å². The second-order valence-electron chi connectivity index (χ2n) is 9.01. The van der Waals surface area contributed by atoms with Gasteiger partial charge in [0.25, 0.3) is 0 Å². The molecule has 4 atom stereocenters. The molecule has 0 radical (unpaired) electrons. The fourth-order valence-corrected chi connectivity index (χ4v) is 4.40. The van der Waals surface area contributed by atoms with E-state index in [1.54, 1.807) is 40.5 Å². The highest BCUT2D eigenvalue weighted by Crippen LogP contribution is 2.34. The van der Waals surface area contributed by atoms with Gasteiger partial charge >= 0.3 is 0 Å². The number of aromatic nitrogens is 5. The number of hydrogen-bond donors (Lipinski definition) is 2. The zero-order valence-corrected chi connectivity index (χ0v) is 22.6. The number of nitrogens with zero attached hydrogens (tertiary/aromatic N) is 5. The van der Waals surface area contributed by atoms with Crippen LogP contribution in [-0.4, -0.2) is 78.9 Å². The average molecular weight is 513 g/mol. The summed E-state index contributed by atoms with van der Waals surface area (Å²) in [6, 6.07) is -0.185. The minimum Gasteiger partial charge on any atom is -0.394 e. The van der Waals surface area contributed by atoms with Crippen molar-refractivity contribution in [1.29, 1.82) is 0 Å². The van der Waals surface area contributed by atoms with E-state index < -0.39 is 11.0 Å². The Balaban J connectivity index is 0.00000100. The first kappa shape index (κ1) is 29.2. The normalized spacial score (nSPS) is 19.5. The summed E-state index contributed by atoms with van der Waals surface area (Å²) in [7, 11) is 1.84. The largest absolute Gasteiger partial charge is 0.394 e. The summed E-state index contributed by atoms with van der Waals surface area (Å²) >= 11 is 0. The van der Waals surface area contributed by atoms with Crippen molar-refractivity contribution in [3.05, 3.63) is 29.6 Å². The Morgan fingerprint density at radius 3 is 2.29 bits per heavy atom. The summed E-state index contributed by atoms with van der Waals surface area (Å²) in [6.07, 6.45) is 5.65. The Morgan fingerprint density at radius 2 is 1.77 bits per heavy atom. The lowest BCUT2D eigenvalue weighted by Gasteiger charge is -2.23. The lowest BCUT2D eigenvalue weighted by molar-refractivity contribution is 0.0406. The Bertz CT molecular complexity index is 902. The molecule has 3 rings (SSSR count). The molecule has 1 fully saturated rings. The van der Waals surface area contributed by atoms with E-state index in [0.29, 0.717) is 37.2 Å². The van der Waals surface area contributed by atoms with Crippen molar-refractivity contribution in [3.8, 4) is 0 Å². The molecule has 1 saturated heterocycles. The topological polar surface area (TPSA) is 134 Å². The number of aryl methyl sites for hydroxylation is 1. The molecular weight excluding hydrogens is 472 g/mol. The van der Waals surface area contributed by atoms with Gasteiger partial charge in [-0.25, -0.2) is 14.2 Å². The van der Waals surface area contributed by atoms with Crippen molar-refractivity contribution in [2.45, 2.75) is 83.5 Å². The van der Waals surface area contributed by atoms with Crippen molar-refractivity contribution >= 4 is 16.9 Å². The van der Waals surface area contributed by atoms with E-state index in [0.717, 1.165) is 18.4 Å². The highest BCUT2D eigenvalue weighted by atomic mass is 32.2. The van der Waals surface area contributed by atoms with Gasteiger partial charge in [0.15, 0.2) is 5.82 Å². The van der Waals surface area contributed by atoms with Crippen LogP contribution in [0.2, 0.25) is 0 Å². The highest BCUT2D eigenvalue weighted by Gasteiger charge is 2.32. The van der Waals surface area contributed by atoms with E-state index in [1.807, 2.05) is 25.3 Å². The third-order valence-corrected chi connectivity index (χ3v) is 6.47. The van der Waals surface area contributed by atoms with Gasteiger partial charge in [0.1, 0.15) is 22.9 Å². The number of anilines is 1. The number of methoxy groups -OCH3 is 2. The van der Waals surface area contributed by atoms with Crippen LogP contribution in [0.4, 0.5) is 5.95 Å². The van der Waals surface area contributed by atoms with Crippen molar-refractivity contribution in [2.75, 3.05) is 32.2 Å². The minimum atomic E-state index is -1.43. The summed E-state index contributed by atoms with van der Waals surface area (Å²) in [4.78, 5) is 8.62. The van der Waals surface area contributed by atoms with Crippen LogP contribution < -0.4 is 4.72 Å². The SMILES string of the molecule is CC(C)O.COCC(COC)n1c(NS(=O)C(C)Cc2ncc(C)cn2)nnc1C1CCC(C)O1. The molecule has 35 heavy (non-hydrogen) atoms. The van der Waals surface area contributed by atoms with E-state index in [4.69, 9.17) is 19.3 Å². The summed E-state index contributed by atoms with van der Waals surface area (Å²) in [5, 5.41) is 16.5. The Morgan fingerprint density at radius 1 is 1.17 bits per heavy atom. The zero-order valence-electron chi connectivity index (χ0n) is 21.8. The molecule has 1 aliphatic heterocycles. The van der Waals surface area contributed by atoms with Gasteiger partial charge in [0.2, 0.25) is 5.95 Å². The van der Waals surface area contributed by atoms with E-state index in [-0.39, 0.29) is 29.6 Å². The molecule has 0 saturated carbocycles. The molecular formula is C23H40N6O5S. The number of hydrogen-bond acceptors (Lipinski definition) is 9. The summed E-state index contributed by atoms with van der Waals surface area (Å²) in [5.74, 6) is 1.75. The van der Waals surface area contributed by atoms with Gasteiger partial charge in [0.05, 0.1) is 30.6 Å². The molecule has 0 amide bonds. The summed E-state index contributed by atoms with van der Waals surface area (Å²) in [5.41, 5.74) is 0.988. The predicted molar refractivity (Wildman–Crippen MR) is 134 cm³/mol. The van der Waals surface area contributed by atoms with Gasteiger partial charge < -0.3 is 19.3 Å². The fourth-order valence-electron chi connectivity index (χ4n) is 3.58. The van der Waals surface area contributed by atoms with E-state index >= 15 is 0 Å². The monoisotopic (exact) mass is 512 g/mol. The maximum atomic E-state index is 13.0. The first-order valence-electron chi connectivity index (χ1n) is 11.9. The van der Waals surface area contributed by atoms with Crippen LogP contribution >= 0.6 is 0 Å². The molecule has 198 valence electrons. The molecule has 0 spiro atoms. The molecule has 2 aromatic heterocycles. The smallest absolute Gasteiger partial charge is 0.236 e. The second-order valence-corrected chi connectivity index (χ2v) is 10.6. The van der Waals surface area contributed by atoms with Gasteiger partial charge in [-0.05, 0) is 53.0 Å². The van der Waals surface area contributed by atoms with Crippen LogP contribution in [0, 0.1) is 6.92 Å². The summed E-state index contributed by atoms with van der Waals surface area (Å²) < 4.78 is 34.8. The number of ether oxygens (including phenoxy) is 3. The standard InChI is InChI=1S/C20H32N6O4S.C3H8O/c1-13-9-21-18(22-10-13)8-15(3)31(27)25-20-24-23-19(17-7-6-14(2)30-17)26(20)16(11-28-4)12-29-5;1-3(2)4/h9-10,14-17H,6-8,11-12H2,1-5H3,(H,24,25);3-4H,1-2H3. The molecule has 12 heteroatoms. The van der Waals surface area contributed by atoms with Gasteiger partial charge in [0, 0.05) is 39.1 Å². The number of aliphatic hydroxyl groups excluding tert-OH is 1. The fraction of sp³-hybridized carbons (Fsp3) is 0.739. The molecule has 2 N–H and O–H groups in total. The molecule has 0 bridgehead atoms. The van der Waals surface area contributed by atoms with Crippen LogP contribution in [0.3, 0.4) is 0 Å². The Labute approximate surface area is 210 Å². The average Bonchev–Trinajstić information content (AvgIpc) is 3.40. The lowest BCUT2D eigenvalue weighted by Crippen LogP contribution is -2.27. The number of aliphatic hydroxyl groups is 1. The maximum absolute atomic E-state index is 13.0. The maximum Gasteiger partial charge on any atom is 0.236 e. The van der Waals surface area contributed by atoms with Crippen LogP contribution in [0.5, 0.6) is 0 Å². The van der Waals surface area contributed by atoms with Gasteiger partial charge in [-0.15, -0.1) is 10.2 Å². The van der Waals surface area contributed by atoms with Crippen molar-refractivity contribution in [3.63, 3.8) is 0 Å². The van der Waals surface area contributed by atoms with Gasteiger partial charge in [-0.2, -0.15) is 0 Å². The molecule has 0 aromatic carbocycles. The first-order chi connectivity index (χ1) is 16.7. The van der Waals surface area contributed by atoms with Crippen LogP contribution in [-0.2, 0) is 31.6 Å². The van der Waals surface area contributed by atoms with Gasteiger partial charge in [-0.3, -0.25) is 9.29 Å². The Hall–Kier alpha value is -1.99. The Kier molecular flexibility index (Phi) is 12.1. The van der Waals surface area contributed by atoms with E-state index in [9.17, 15) is 4.21 Å². The molecule has 3 heterocycles. The second kappa shape index (κ2) is 14.5. The van der Waals surface area contributed by atoms with Crippen LogP contribution in [0.15, 0.2) is 12.4 Å². The molecule has 1 aliphatic rings. The number of nitrogens with one attached hydrogen (secondary N) is 1. The van der Waals surface area contributed by atoms with Crippen molar-refractivity contribution < 1.29 is 23.5 Å². The first-order valence-corrected chi connectivity index (χ1v) is 13.1.